The molecule has 21 heavy (non-hydrogen) atoms. The molecule has 0 saturated heterocycles. The molecule has 0 saturated carbocycles. The van der Waals surface area contributed by atoms with Gasteiger partial charge >= 0.3 is 12.3 Å². The standard InChI is InChI=1S/C13H15F2N3O2S/c1-2-7-18-12(19)16-17-13(18)21-8-9-3-5-10(6-4-9)20-11(14)15/h3-6,11H,2,7-8H2,1H3,(H,16,19). The van der Waals surface area contributed by atoms with Crippen LogP contribution in [0.3, 0.4) is 0 Å². The van der Waals surface area contributed by atoms with Crippen LogP contribution >= 0.6 is 11.8 Å². The Bertz CT molecular complexity index is 625. The van der Waals surface area contributed by atoms with Gasteiger partial charge in [0.2, 0.25) is 0 Å². The maximum atomic E-state index is 12.0. The Morgan fingerprint density at radius 3 is 2.71 bits per heavy atom. The third-order valence-electron chi connectivity index (χ3n) is 2.69. The summed E-state index contributed by atoms with van der Waals surface area (Å²) in [6, 6.07) is 6.40. The molecule has 2 aromatic rings. The second-order valence-corrected chi connectivity index (χ2v) is 5.22. The summed E-state index contributed by atoms with van der Waals surface area (Å²) < 4.78 is 29.9. The van der Waals surface area contributed by atoms with E-state index in [2.05, 4.69) is 14.9 Å². The van der Waals surface area contributed by atoms with Gasteiger partial charge < -0.3 is 4.74 Å². The van der Waals surface area contributed by atoms with Gasteiger partial charge in [-0.1, -0.05) is 30.8 Å². The first-order chi connectivity index (χ1) is 10.1. The highest BCUT2D eigenvalue weighted by Gasteiger charge is 2.09. The molecule has 0 spiro atoms. The zero-order chi connectivity index (χ0) is 15.2. The maximum absolute atomic E-state index is 12.0. The summed E-state index contributed by atoms with van der Waals surface area (Å²) in [4.78, 5) is 11.5. The van der Waals surface area contributed by atoms with E-state index in [1.807, 2.05) is 6.92 Å². The number of halogens is 2. The molecule has 8 heteroatoms. The van der Waals surface area contributed by atoms with Gasteiger partial charge in [0.05, 0.1) is 0 Å². The lowest BCUT2D eigenvalue weighted by molar-refractivity contribution is -0.0498. The monoisotopic (exact) mass is 315 g/mol. The van der Waals surface area contributed by atoms with Crippen molar-refractivity contribution in [2.24, 2.45) is 0 Å². The number of aromatic amines is 1. The van der Waals surface area contributed by atoms with Crippen molar-refractivity contribution in [1.82, 2.24) is 14.8 Å². The molecule has 0 aliphatic rings. The van der Waals surface area contributed by atoms with Crippen molar-refractivity contribution in [2.45, 2.75) is 37.4 Å². The quantitative estimate of drug-likeness (QED) is 0.798. The van der Waals surface area contributed by atoms with Crippen LogP contribution in [0.25, 0.3) is 0 Å². The minimum absolute atomic E-state index is 0.126. The van der Waals surface area contributed by atoms with Crippen LogP contribution in [-0.4, -0.2) is 21.4 Å². The zero-order valence-electron chi connectivity index (χ0n) is 11.4. The molecule has 5 nitrogen and oxygen atoms in total. The third kappa shape index (κ3) is 4.32. The average molecular weight is 315 g/mol. The molecule has 0 bridgehead atoms. The lowest BCUT2D eigenvalue weighted by atomic mass is 10.2. The van der Waals surface area contributed by atoms with Crippen LogP contribution in [0.1, 0.15) is 18.9 Å². The molecule has 0 aliphatic carbocycles. The molecule has 2 rings (SSSR count). The van der Waals surface area contributed by atoms with Gasteiger partial charge in [-0.15, -0.1) is 5.10 Å². The number of H-pyrrole nitrogens is 1. The number of thioether (sulfide) groups is 1. The van der Waals surface area contributed by atoms with Crippen LogP contribution in [0.2, 0.25) is 0 Å². The smallest absolute Gasteiger partial charge is 0.387 e. The van der Waals surface area contributed by atoms with Gasteiger partial charge in [0, 0.05) is 12.3 Å². The number of rotatable bonds is 7. The molecular formula is C13H15F2N3O2S. The van der Waals surface area contributed by atoms with Gasteiger partial charge in [-0.05, 0) is 24.1 Å². The SMILES string of the molecule is CCCn1c(SCc2ccc(OC(F)F)cc2)n[nH]c1=O. The number of hydrogen-bond donors (Lipinski definition) is 1. The Morgan fingerprint density at radius 2 is 2.10 bits per heavy atom. The number of aromatic nitrogens is 3. The predicted octanol–water partition coefficient (Wildman–Crippen LogP) is 2.88. The van der Waals surface area contributed by atoms with E-state index in [9.17, 15) is 13.6 Å². The highest BCUT2D eigenvalue weighted by molar-refractivity contribution is 7.98. The van der Waals surface area contributed by atoms with E-state index in [0.717, 1.165) is 12.0 Å². The van der Waals surface area contributed by atoms with Crippen LogP contribution in [0, 0.1) is 0 Å². The summed E-state index contributed by atoms with van der Waals surface area (Å²) >= 11 is 1.41. The fraction of sp³-hybridized carbons (Fsp3) is 0.385. The first-order valence-corrected chi connectivity index (χ1v) is 7.40. The van der Waals surface area contributed by atoms with E-state index < -0.39 is 6.61 Å². The summed E-state index contributed by atoms with van der Waals surface area (Å²) in [6.07, 6.45) is 0.840. The molecule has 0 fully saturated rings. The molecule has 1 heterocycles. The predicted molar refractivity (Wildman–Crippen MR) is 75.8 cm³/mol. The highest BCUT2D eigenvalue weighted by Crippen LogP contribution is 2.22. The van der Waals surface area contributed by atoms with Crippen molar-refractivity contribution >= 4 is 11.8 Å². The minimum atomic E-state index is -2.82. The summed E-state index contributed by atoms with van der Waals surface area (Å²) in [5.74, 6) is 0.713. The van der Waals surface area contributed by atoms with Crippen LogP contribution in [0.5, 0.6) is 5.75 Å². The lowest BCUT2D eigenvalue weighted by Gasteiger charge is -2.06. The Labute approximate surface area is 124 Å². The van der Waals surface area contributed by atoms with Crippen molar-refractivity contribution in [1.29, 1.82) is 0 Å². The molecule has 1 aromatic carbocycles. The molecule has 1 N–H and O–H groups in total. The van der Waals surface area contributed by atoms with E-state index in [-0.39, 0.29) is 11.4 Å². The van der Waals surface area contributed by atoms with Crippen molar-refractivity contribution in [3.63, 3.8) is 0 Å². The normalized spacial score (nSPS) is 11.0. The molecular weight excluding hydrogens is 300 g/mol. The summed E-state index contributed by atoms with van der Waals surface area (Å²) in [7, 11) is 0. The van der Waals surface area contributed by atoms with Gasteiger partial charge in [0.25, 0.3) is 0 Å². The maximum Gasteiger partial charge on any atom is 0.387 e. The first-order valence-electron chi connectivity index (χ1n) is 6.42. The molecule has 0 radical (unpaired) electrons. The van der Waals surface area contributed by atoms with Crippen LogP contribution < -0.4 is 10.4 Å². The second-order valence-electron chi connectivity index (χ2n) is 4.27. The third-order valence-corrected chi connectivity index (χ3v) is 3.73. The Kier molecular flexibility index (Phi) is 5.38. The molecule has 0 atom stereocenters. The number of ether oxygens (including phenoxy) is 1. The molecule has 114 valence electrons. The number of nitrogens with zero attached hydrogens (tertiary/aromatic N) is 2. The van der Waals surface area contributed by atoms with Crippen molar-refractivity contribution < 1.29 is 13.5 Å². The van der Waals surface area contributed by atoms with Gasteiger partial charge in [-0.2, -0.15) is 8.78 Å². The molecule has 0 unspecified atom stereocenters. The number of benzene rings is 1. The number of alkyl halides is 2. The zero-order valence-corrected chi connectivity index (χ0v) is 12.2. The van der Waals surface area contributed by atoms with Crippen molar-refractivity contribution in [3.05, 3.63) is 40.3 Å². The van der Waals surface area contributed by atoms with E-state index in [4.69, 9.17) is 0 Å². The van der Waals surface area contributed by atoms with Gasteiger partial charge in [0.1, 0.15) is 5.75 Å². The fourth-order valence-corrected chi connectivity index (χ4v) is 2.68. The average Bonchev–Trinajstić information content (AvgIpc) is 2.79. The van der Waals surface area contributed by atoms with Gasteiger partial charge in [0.15, 0.2) is 5.16 Å². The van der Waals surface area contributed by atoms with Crippen LogP contribution in [0.15, 0.2) is 34.2 Å². The fourth-order valence-electron chi connectivity index (χ4n) is 1.75. The number of hydrogen-bond acceptors (Lipinski definition) is 4. The lowest BCUT2D eigenvalue weighted by Crippen LogP contribution is -2.17. The molecule has 1 aromatic heterocycles. The Morgan fingerprint density at radius 1 is 1.38 bits per heavy atom. The summed E-state index contributed by atoms with van der Waals surface area (Å²) in [6.45, 7) is -0.230. The Hall–Kier alpha value is -1.83. The summed E-state index contributed by atoms with van der Waals surface area (Å²) in [5, 5.41) is 7.01. The van der Waals surface area contributed by atoms with Crippen molar-refractivity contribution in [3.8, 4) is 5.75 Å². The van der Waals surface area contributed by atoms with Crippen LogP contribution in [0.4, 0.5) is 8.78 Å². The van der Waals surface area contributed by atoms with Gasteiger partial charge in [-0.25, -0.2) is 9.89 Å². The minimum Gasteiger partial charge on any atom is -0.435 e. The van der Waals surface area contributed by atoms with E-state index in [1.165, 1.54) is 23.9 Å². The number of nitrogens with one attached hydrogen (secondary N) is 1. The van der Waals surface area contributed by atoms with Gasteiger partial charge in [-0.3, -0.25) is 4.57 Å². The van der Waals surface area contributed by atoms with Crippen LogP contribution in [-0.2, 0) is 12.3 Å². The molecule has 0 amide bonds. The van der Waals surface area contributed by atoms with E-state index in [1.54, 1.807) is 16.7 Å². The highest BCUT2D eigenvalue weighted by atomic mass is 32.2. The van der Waals surface area contributed by atoms with E-state index >= 15 is 0 Å². The summed E-state index contributed by atoms with van der Waals surface area (Å²) in [5.41, 5.74) is 0.708. The first kappa shape index (κ1) is 15.6. The van der Waals surface area contributed by atoms with E-state index in [0.29, 0.717) is 17.5 Å². The topological polar surface area (TPSA) is 59.9 Å². The Balaban J connectivity index is 1.98. The second kappa shape index (κ2) is 7.26. The van der Waals surface area contributed by atoms with Crippen molar-refractivity contribution in [2.75, 3.05) is 0 Å². The molecule has 0 aliphatic heterocycles. The largest absolute Gasteiger partial charge is 0.435 e.